The molecule has 17 heavy (non-hydrogen) atoms. The van der Waals surface area contributed by atoms with Gasteiger partial charge in [0.15, 0.2) is 0 Å². The van der Waals surface area contributed by atoms with Crippen molar-refractivity contribution < 1.29 is 4.74 Å². The van der Waals surface area contributed by atoms with Gasteiger partial charge in [-0.1, -0.05) is 6.92 Å². The van der Waals surface area contributed by atoms with Crippen LogP contribution in [-0.2, 0) is 0 Å². The Morgan fingerprint density at radius 2 is 2.06 bits per heavy atom. The van der Waals surface area contributed by atoms with Crippen molar-refractivity contribution in [3.8, 4) is 5.75 Å². The molecule has 0 unspecified atom stereocenters. The largest absolute Gasteiger partial charge is 0.494 e. The SMILES string of the molecule is CCCOc1ccc(C(=N)NCCCN)cc1. The third-order valence-electron chi connectivity index (χ3n) is 2.30. The maximum Gasteiger partial charge on any atom is 0.125 e. The fourth-order valence-electron chi connectivity index (χ4n) is 1.36. The Bertz CT molecular complexity index is 335. The third-order valence-corrected chi connectivity index (χ3v) is 2.30. The first-order chi connectivity index (χ1) is 8.27. The first-order valence-electron chi connectivity index (χ1n) is 6.03. The van der Waals surface area contributed by atoms with Gasteiger partial charge >= 0.3 is 0 Å². The Morgan fingerprint density at radius 1 is 1.35 bits per heavy atom. The van der Waals surface area contributed by atoms with Crippen LogP contribution in [0.3, 0.4) is 0 Å². The van der Waals surface area contributed by atoms with E-state index in [0.717, 1.165) is 37.3 Å². The van der Waals surface area contributed by atoms with E-state index >= 15 is 0 Å². The summed E-state index contributed by atoms with van der Waals surface area (Å²) >= 11 is 0. The van der Waals surface area contributed by atoms with Crippen molar-refractivity contribution in [2.75, 3.05) is 19.7 Å². The van der Waals surface area contributed by atoms with Crippen molar-refractivity contribution in [2.24, 2.45) is 5.73 Å². The minimum Gasteiger partial charge on any atom is -0.494 e. The van der Waals surface area contributed by atoms with Gasteiger partial charge in [-0.05, 0) is 43.7 Å². The molecule has 0 saturated heterocycles. The first-order valence-corrected chi connectivity index (χ1v) is 6.03. The zero-order valence-electron chi connectivity index (χ0n) is 10.3. The van der Waals surface area contributed by atoms with E-state index in [1.807, 2.05) is 24.3 Å². The molecule has 0 radical (unpaired) electrons. The number of nitrogens with one attached hydrogen (secondary N) is 2. The highest BCUT2D eigenvalue weighted by atomic mass is 16.5. The molecule has 0 aliphatic carbocycles. The summed E-state index contributed by atoms with van der Waals surface area (Å²) in [6, 6.07) is 7.57. The summed E-state index contributed by atoms with van der Waals surface area (Å²) in [5, 5.41) is 10.8. The van der Waals surface area contributed by atoms with Crippen molar-refractivity contribution in [2.45, 2.75) is 19.8 Å². The summed E-state index contributed by atoms with van der Waals surface area (Å²) in [6.45, 7) is 4.18. The van der Waals surface area contributed by atoms with Crippen molar-refractivity contribution in [1.29, 1.82) is 5.41 Å². The Kier molecular flexibility index (Phi) is 6.10. The number of hydrogen-bond donors (Lipinski definition) is 3. The van der Waals surface area contributed by atoms with Crippen LogP contribution in [0.5, 0.6) is 5.75 Å². The molecule has 0 bridgehead atoms. The van der Waals surface area contributed by atoms with Crippen molar-refractivity contribution >= 4 is 5.84 Å². The van der Waals surface area contributed by atoms with Crippen LogP contribution in [0.15, 0.2) is 24.3 Å². The van der Waals surface area contributed by atoms with E-state index in [9.17, 15) is 0 Å². The molecule has 4 heteroatoms. The molecule has 0 saturated carbocycles. The van der Waals surface area contributed by atoms with E-state index in [4.69, 9.17) is 15.9 Å². The number of ether oxygens (including phenoxy) is 1. The smallest absolute Gasteiger partial charge is 0.125 e. The highest BCUT2D eigenvalue weighted by Crippen LogP contribution is 2.12. The van der Waals surface area contributed by atoms with Crippen molar-refractivity contribution in [1.82, 2.24) is 5.32 Å². The lowest BCUT2D eigenvalue weighted by molar-refractivity contribution is 0.317. The highest BCUT2D eigenvalue weighted by molar-refractivity contribution is 5.96. The standard InChI is InChI=1S/C13H21N3O/c1-2-10-17-12-6-4-11(5-7-12)13(15)16-9-3-8-14/h4-7H,2-3,8-10,14H2,1H3,(H2,15,16). The normalized spacial score (nSPS) is 10.0. The van der Waals surface area contributed by atoms with E-state index in [2.05, 4.69) is 12.2 Å². The molecule has 0 heterocycles. The Morgan fingerprint density at radius 3 is 2.65 bits per heavy atom. The van der Waals surface area contributed by atoms with Crippen LogP contribution in [0.4, 0.5) is 0 Å². The predicted octanol–water partition coefficient (Wildman–Crippen LogP) is 1.74. The quantitative estimate of drug-likeness (QED) is 0.383. The van der Waals surface area contributed by atoms with E-state index in [1.165, 1.54) is 0 Å². The summed E-state index contributed by atoms with van der Waals surface area (Å²) in [6.07, 6.45) is 1.87. The van der Waals surface area contributed by atoms with Crippen LogP contribution in [0, 0.1) is 5.41 Å². The van der Waals surface area contributed by atoms with Crippen molar-refractivity contribution in [3.63, 3.8) is 0 Å². The molecule has 0 aromatic heterocycles. The highest BCUT2D eigenvalue weighted by Gasteiger charge is 2.00. The molecular formula is C13H21N3O. The van der Waals surface area contributed by atoms with Crippen LogP contribution in [0.1, 0.15) is 25.3 Å². The van der Waals surface area contributed by atoms with Gasteiger partial charge in [-0.2, -0.15) is 0 Å². The molecule has 0 amide bonds. The summed E-state index contributed by atoms with van der Waals surface area (Å²) in [5.74, 6) is 1.28. The van der Waals surface area contributed by atoms with E-state index in [-0.39, 0.29) is 0 Å². The first kappa shape index (κ1) is 13.5. The second-order valence-corrected chi connectivity index (χ2v) is 3.82. The number of benzene rings is 1. The van der Waals surface area contributed by atoms with E-state index < -0.39 is 0 Å². The fourth-order valence-corrected chi connectivity index (χ4v) is 1.36. The van der Waals surface area contributed by atoms with E-state index in [1.54, 1.807) is 0 Å². The molecule has 4 nitrogen and oxygen atoms in total. The van der Waals surface area contributed by atoms with Gasteiger partial charge in [0.1, 0.15) is 11.6 Å². The minimum absolute atomic E-state index is 0.431. The van der Waals surface area contributed by atoms with Crippen LogP contribution in [-0.4, -0.2) is 25.5 Å². The van der Waals surface area contributed by atoms with Crippen LogP contribution < -0.4 is 15.8 Å². The number of hydrogen-bond acceptors (Lipinski definition) is 3. The molecule has 1 rings (SSSR count). The molecule has 0 fully saturated rings. The Labute approximate surface area is 103 Å². The van der Waals surface area contributed by atoms with Gasteiger partial charge in [0.05, 0.1) is 6.61 Å². The van der Waals surface area contributed by atoms with Gasteiger partial charge in [0, 0.05) is 12.1 Å². The summed E-state index contributed by atoms with van der Waals surface area (Å²) in [5.41, 5.74) is 6.26. The zero-order valence-corrected chi connectivity index (χ0v) is 10.3. The van der Waals surface area contributed by atoms with Crippen LogP contribution in [0.25, 0.3) is 0 Å². The van der Waals surface area contributed by atoms with Crippen LogP contribution in [0.2, 0.25) is 0 Å². The molecule has 1 aromatic carbocycles. The number of nitrogens with two attached hydrogens (primary N) is 1. The molecule has 4 N–H and O–H groups in total. The average molecular weight is 235 g/mol. The third kappa shape index (κ3) is 4.87. The molecule has 0 spiro atoms. The van der Waals surface area contributed by atoms with Crippen molar-refractivity contribution in [3.05, 3.63) is 29.8 Å². The van der Waals surface area contributed by atoms with Gasteiger partial charge in [-0.25, -0.2) is 0 Å². The average Bonchev–Trinajstić information content (AvgIpc) is 2.37. The lowest BCUT2D eigenvalue weighted by Crippen LogP contribution is -2.25. The predicted molar refractivity (Wildman–Crippen MR) is 70.7 cm³/mol. The molecule has 94 valence electrons. The van der Waals surface area contributed by atoms with Crippen LogP contribution >= 0.6 is 0 Å². The van der Waals surface area contributed by atoms with Gasteiger partial charge in [-0.15, -0.1) is 0 Å². The zero-order chi connectivity index (χ0) is 12.5. The Hall–Kier alpha value is -1.55. The maximum absolute atomic E-state index is 7.82. The second-order valence-electron chi connectivity index (χ2n) is 3.82. The number of rotatable bonds is 7. The summed E-state index contributed by atoms with van der Waals surface area (Å²) in [4.78, 5) is 0. The summed E-state index contributed by atoms with van der Waals surface area (Å²) in [7, 11) is 0. The molecule has 1 aromatic rings. The lowest BCUT2D eigenvalue weighted by Gasteiger charge is -2.08. The molecule has 0 atom stereocenters. The second kappa shape index (κ2) is 7.68. The van der Waals surface area contributed by atoms with Gasteiger partial charge in [0.2, 0.25) is 0 Å². The van der Waals surface area contributed by atoms with E-state index in [0.29, 0.717) is 12.4 Å². The lowest BCUT2D eigenvalue weighted by atomic mass is 10.2. The monoisotopic (exact) mass is 235 g/mol. The maximum atomic E-state index is 7.82. The molecule has 0 aliphatic rings. The van der Waals surface area contributed by atoms with Gasteiger partial charge < -0.3 is 15.8 Å². The molecule has 0 aliphatic heterocycles. The topological polar surface area (TPSA) is 71.1 Å². The Balaban J connectivity index is 2.46. The minimum atomic E-state index is 0.431. The molecular weight excluding hydrogens is 214 g/mol. The summed E-state index contributed by atoms with van der Waals surface area (Å²) < 4.78 is 5.48. The van der Waals surface area contributed by atoms with Gasteiger partial charge in [-0.3, -0.25) is 5.41 Å². The number of amidine groups is 1. The van der Waals surface area contributed by atoms with Gasteiger partial charge in [0.25, 0.3) is 0 Å². The fraction of sp³-hybridized carbons (Fsp3) is 0.462.